The van der Waals surface area contributed by atoms with Crippen molar-refractivity contribution in [3.63, 3.8) is 0 Å². The van der Waals surface area contributed by atoms with Crippen molar-refractivity contribution in [3.8, 4) is 0 Å². The number of hydrogen-bond donors (Lipinski definition) is 1. The molecule has 1 amide bonds. The highest BCUT2D eigenvalue weighted by molar-refractivity contribution is 5.92. The molecule has 3 rings (SSSR count). The first-order chi connectivity index (χ1) is 11.1. The van der Waals surface area contributed by atoms with Gasteiger partial charge in [-0.2, -0.15) is 0 Å². The average molecular weight is 354 g/mol. The van der Waals surface area contributed by atoms with E-state index in [0.717, 1.165) is 11.3 Å². The lowest BCUT2D eigenvalue weighted by Crippen LogP contribution is -2.48. The summed E-state index contributed by atoms with van der Waals surface area (Å²) in [6.45, 7) is 5.81. The van der Waals surface area contributed by atoms with Gasteiger partial charge in [0.15, 0.2) is 0 Å². The molecule has 0 radical (unpaired) electrons. The molecular formula is C17H21ClFN3O2. The molecule has 130 valence electrons. The highest BCUT2D eigenvalue weighted by Crippen LogP contribution is 2.25. The summed E-state index contributed by atoms with van der Waals surface area (Å²) < 4.78 is 18.7. The lowest BCUT2D eigenvalue weighted by Gasteiger charge is -2.35. The third kappa shape index (κ3) is 3.76. The zero-order valence-electron chi connectivity index (χ0n) is 13.7. The van der Waals surface area contributed by atoms with Crippen molar-refractivity contribution in [2.24, 2.45) is 0 Å². The molecule has 1 aliphatic heterocycles. The van der Waals surface area contributed by atoms with Gasteiger partial charge < -0.3 is 14.7 Å². The van der Waals surface area contributed by atoms with Crippen LogP contribution in [0.5, 0.6) is 0 Å². The van der Waals surface area contributed by atoms with Crippen LogP contribution in [-0.4, -0.2) is 35.6 Å². The summed E-state index contributed by atoms with van der Waals surface area (Å²) in [7, 11) is 0. The van der Waals surface area contributed by atoms with Crippen LogP contribution >= 0.6 is 12.4 Å². The fourth-order valence-electron chi connectivity index (χ4n) is 2.76. The normalized spacial score (nSPS) is 17.7. The van der Waals surface area contributed by atoms with Crippen molar-refractivity contribution < 1.29 is 13.7 Å². The van der Waals surface area contributed by atoms with Gasteiger partial charge in [-0.15, -0.1) is 12.4 Å². The minimum Gasteiger partial charge on any atom is -0.351 e. The maximum atomic E-state index is 13.5. The van der Waals surface area contributed by atoms with Crippen LogP contribution < -0.4 is 5.32 Å². The zero-order chi connectivity index (χ0) is 16.4. The van der Waals surface area contributed by atoms with Crippen molar-refractivity contribution >= 4 is 18.3 Å². The van der Waals surface area contributed by atoms with E-state index in [4.69, 9.17) is 4.52 Å². The second-order valence-electron chi connectivity index (χ2n) is 6.04. The molecule has 5 nitrogen and oxygen atoms in total. The first kappa shape index (κ1) is 18.4. The van der Waals surface area contributed by atoms with Gasteiger partial charge in [0.05, 0.1) is 11.7 Å². The summed E-state index contributed by atoms with van der Waals surface area (Å²) in [5, 5.41) is 7.20. The number of rotatable bonds is 3. The molecule has 1 saturated heterocycles. The largest absolute Gasteiger partial charge is 0.351 e. The van der Waals surface area contributed by atoms with Gasteiger partial charge >= 0.3 is 0 Å². The van der Waals surface area contributed by atoms with Gasteiger partial charge in [-0.1, -0.05) is 31.1 Å². The van der Waals surface area contributed by atoms with Crippen LogP contribution in [0.15, 0.2) is 34.9 Å². The van der Waals surface area contributed by atoms with Gasteiger partial charge in [0.25, 0.3) is 5.91 Å². The Labute approximate surface area is 146 Å². The molecule has 1 aromatic carbocycles. The molecule has 2 heterocycles. The standard InChI is InChI=1S/C17H20FN3O2.ClH/c1-11(2)14-9-16(23-20-14)17(22)21-7-6-19-10-15(21)12-4-3-5-13(18)8-12;/h3-5,8-9,11,15,19H,6-7,10H2,1-2H3;1H. The number of amides is 1. The van der Waals surface area contributed by atoms with Crippen LogP contribution in [0, 0.1) is 5.82 Å². The molecule has 1 unspecified atom stereocenters. The first-order valence-corrected chi connectivity index (χ1v) is 7.80. The molecule has 0 spiro atoms. The SMILES string of the molecule is CC(C)c1cc(C(=O)N2CCNCC2c2cccc(F)c2)on1.Cl. The third-order valence-corrected chi connectivity index (χ3v) is 4.07. The van der Waals surface area contributed by atoms with E-state index in [-0.39, 0.29) is 41.9 Å². The molecule has 2 aromatic rings. The Balaban J connectivity index is 0.00000208. The van der Waals surface area contributed by atoms with Gasteiger partial charge in [0, 0.05) is 25.7 Å². The van der Waals surface area contributed by atoms with E-state index >= 15 is 0 Å². The molecule has 1 fully saturated rings. The van der Waals surface area contributed by atoms with Crippen molar-refractivity contribution in [2.45, 2.75) is 25.8 Å². The van der Waals surface area contributed by atoms with Crippen LogP contribution in [0.4, 0.5) is 4.39 Å². The molecule has 0 saturated carbocycles. The third-order valence-electron chi connectivity index (χ3n) is 4.07. The number of aromatic nitrogens is 1. The topological polar surface area (TPSA) is 58.4 Å². The fourth-order valence-corrected chi connectivity index (χ4v) is 2.76. The number of benzene rings is 1. The van der Waals surface area contributed by atoms with E-state index in [1.807, 2.05) is 19.9 Å². The van der Waals surface area contributed by atoms with Crippen molar-refractivity contribution in [3.05, 3.63) is 53.2 Å². The molecule has 0 aliphatic carbocycles. The lowest BCUT2D eigenvalue weighted by molar-refractivity contribution is 0.0591. The number of carbonyl (C=O) groups is 1. The minimum absolute atomic E-state index is 0. The summed E-state index contributed by atoms with van der Waals surface area (Å²) in [6.07, 6.45) is 0. The molecule has 1 N–H and O–H groups in total. The van der Waals surface area contributed by atoms with E-state index in [9.17, 15) is 9.18 Å². The van der Waals surface area contributed by atoms with Gasteiger partial charge in [-0.3, -0.25) is 4.79 Å². The Morgan fingerprint density at radius 2 is 2.21 bits per heavy atom. The summed E-state index contributed by atoms with van der Waals surface area (Å²) in [5.74, 6) is -0.0817. The quantitative estimate of drug-likeness (QED) is 0.921. The summed E-state index contributed by atoms with van der Waals surface area (Å²) in [5.41, 5.74) is 1.53. The van der Waals surface area contributed by atoms with Gasteiger partial charge in [-0.05, 0) is 23.6 Å². The summed E-state index contributed by atoms with van der Waals surface area (Å²) >= 11 is 0. The van der Waals surface area contributed by atoms with E-state index in [1.165, 1.54) is 12.1 Å². The number of halogens is 2. The Bertz CT molecular complexity index is 705. The van der Waals surface area contributed by atoms with Crippen molar-refractivity contribution in [1.29, 1.82) is 0 Å². The summed E-state index contributed by atoms with van der Waals surface area (Å²) in [6, 6.07) is 7.83. The molecule has 1 aliphatic rings. The predicted molar refractivity (Wildman–Crippen MR) is 90.9 cm³/mol. The number of piperazine rings is 1. The monoisotopic (exact) mass is 353 g/mol. The second-order valence-corrected chi connectivity index (χ2v) is 6.04. The van der Waals surface area contributed by atoms with Crippen LogP contribution in [0.3, 0.4) is 0 Å². The number of nitrogens with one attached hydrogen (secondary N) is 1. The molecule has 7 heteroatoms. The second kappa shape index (κ2) is 7.77. The van der Waals surface area contributed by atoms with Crippen molar-refractivity contribution in [2.75, 3.05) is 19.6 Å². The Morgan fingerprint density at radius 1 is 1.42 bits per heavy atom. The average Bonchev–Trinajstić information content (AvgIpc) is 3.04. The fraction of sp³-hybridized carbons (Fsp3) is 0.412. The highest BCUT2D eigenvalue weighted by Gasteiger charge is 2.31. The predicted octanol–water partition coefficient (Wildman–Crippen LogP) is 3.15. The molecular weight excluding hydrogens is 333 g/mol. The maximum Gasteiger partial charge on any atom is 0.293 e. The minimum atomic E-state index is -0.303. The van der Waals surface area contributed by atoms with Crippen LogP contribution in [-0.2, 0) is 0 Å². The Morgan fingerprint density at radius 3 is 2.88 bits per heavy atom. The van der Waals surface area contributed by atoms with Crippen LogP contribution in [0.1, 0.15) is 47.6 Å². The van der Waals surface area contributed by atoms with Crippen molar-refractivity contribution in [1.82, 2.24) is 15.4 Å². The van der Waals surface area contributed by atoms with E-state index in [2.05, 4.69) is 10.5 Å². The van der Waals surface area contributed by atoms with Gasteiger partial charge in [0.1, 0.15) is 5.82 Å². The number of nitrogens with zero attached hydrogens (tertiary/aromatic N) is 2. The maximum absolute atomic E-state index is 13.5. The zero-order valence-corrected chi connectivity index (χ0v) is 14.5. The number of hydrogen-bond acceptors (Lipinski definition) is 4. The first-order valence-electron chi connectivity index (χ1n) is 7.80. The van der Waals surface area contributed by atoms with E-state index in [0.29, 0.717) is 19.6 Å². The summed E-state index contributed by atoms with van der Waals surface area (Å²) in [4.78, 5) is 14.5. The van der Waals surface area contributed by atoms with Gasteiger partial charge in [0.2, 0.25) is 5.76 Å². The van der Waals surface area contributed by atoms with Crippen LogP contribution in [0.25, 0.3) is 0 Å². The van der Waals surface area contributed by atoms with E-state index < -0.39 is 0 Å². The molecule has 0 bridgehead atoms. The van der Waals surface area contributed by atoms with E-state index in [1.54, 1.807) is 17.0 Å². The van der Waals surface area contributed by atoms with Gasteiger partial charge in [-0.25, -0.2) is 4.39 Å². The van der Waals surface area contributed by atoms with Crippen LogP contribution in [0.2, 0.25) is 0 Å². The smallest absolute Gasteiger partial charge is 0.293 e. The number of carbonyl (C=O) groups excluding carboxylic acids is 1. The lowest BCUT2D eigenvalue weighted by atomic mass is 10.0. The molecule has 1 atom stereocenters. The molecule has 1 aromatic heterocycles. The molecule has 24 heavy (non-hydrogen) atoms. The Hall–Kier alpha value is -1.92. The Kier molecular flexibility index (Phi) is 5.96. The highest BCUT2D eigenvalue weighted by atomic mass is 35.5.